The molecule has 0 heterocycles. The number of alkyl halides is 3. The third-order valence-corrected chi connectivity index (χ3v) is 1.21. The highest BCUT2D eigenvalue weighted by Crippen LogP contribution is 2.24. The zero-order chi connectivity index (χ0) is 8.20. The lowest BCUT2D eigenvalue weighted by Gasteiger charge is -2.09. The maximum atomic E-state index is 11.5. The van der Waals surface area contributed by atoms with E-state index in [0.717, 1.165) is 0 Å². The van der Waals surface area contributed by atoms with E-state index in [-0.39, 0.29) is 6.42 Å². The molecule has 0 amide bonds. The lowest BCUT2D eigenvalue weighted by atomic mass is 10.0. The Morgan fingerprint density at radius 1 is 1.50 bits per heavy atom. The van der Waals surface area contributed by atoms with Crippen molar-refractivity contribution in [3.63, 3.8) is 0 Å². The van der Waals surface area contributed by atoms with Crippen LogP contribution in [-0.4, -0.2) is 12.5 Å². The van der Waals surface area contributed by atoms with Gasteiger partial charge in [-0.1, -0.05) is 6.92 Å². The second-order valence-electron chi connectivity index (χ2n) is 2.12. The molecule has 0 aromatic heterocycles. The number of halogens is 3. The first kappa shape index (κ1) is 9.46. The molecule has 4 heteroatoms. The minimum absolute atomic E-state index is 0.253. The summed E-state index contributed by atoms with van der Waals surface area (Å²) in [6.45, 7) is 1.56. The summed E-state index contributed by atoms with van der Waals surface area (Å²) in [7, 11) is 0. The molecule has 0 aromatic rings. The lowest BCUT2D eigenvalue weighted by molar-refractivity contribution is -0.148. The summed E-state index contributed by atoms with van der Waals surface area (Å²) >= 11 is 0. The van der Waals surface area contributed by atoms with Crippen molar-refractivity contribution in [1.82, 2.24) is 0 Å². The molecule has 0 aliphatic carbocycles. The van der Waals surface area contributed by atoms with Gasteiger partial charge in [0, 0.05) is 5.92 Å². The number of hydrogen-bond donors (Lipinski definition) is 0. The Labute approximate surface area is 57.2 Å². The van der Waals surface area contributed by atoms with E-state index < -0.39 is 18.5 Å². The lowest BCUT2D eigenvalue weighted by Crippen LogP contribution is -2.15. The summed E-state index contributed by atoms with van der Waals surface area (Å²) in [5.74, 6) is -0.861. The van der Waals surface area contributed by atoms with Crippen molar-refractivity contribution in [2.45, 2.75) is 25.9 Å². The van der Waals surface area contributed by atoms with Crippen molar-refractivity contribution in [1.29, 1.82) is 0 Å². The van der Waals surface area contributed by atoms with Crippen molar-refractivity contribution in [2.75, 3.05) is 0 Å². The molecule has 0 aliphatic rings. The van der Waals surface area contributed by atoms with Gasteiger partial charge in [0.25, 0.3) is 0 Å². The van der Waals surface area contributed by atoms with Gasteiger partial charge >= 0.3 is 6.18 Å². The second-order valence-corrected chi connectivity index (χ2v) is 2.12. The molecular weight excluding hydrogens is 145 g/mol. The van der Waals surface area contributed by atoms with Crippen molar-refractivity contribution in [3.05, 3.63) is 0 Å². The van der Waals surface area contributed by atoms with Gasteiger partial charge in [-0.25, -0.2) is 0 Å². The highest BCUT2D eigenvalue weighted by Gasteiger charge is 2.30. The van der Waals surface area contributed by atoms with Crippen LogP contribution in [0.3, 0.4) is 0 Å². The van der Waals surface area contributed by atoms with Gasteiger partial charge in [0.05, 0.1) is 6.42 Å². The van der Waals surface area contributed by atoms with E-state index in [2.05, 4.69) is 0 Å². The van der Waals surface area contributed by atoms with E-state index in [1.165, 1.54) is 0 Å². The average Bonchev–Trinajstić information content (AvgIpc) is 1.81. The normalized spacial score (nSPS) is 14.8. The van der Waals surface area contributed by atoms with Crippen LogP contribution in [0.2, 0.25) is 0 Å². The Hall–Kier alpha value is -0.540. The van der Waals surface area contributed by atoms with Crippen LogP contribution in [0.1, 0.15) is 19.8 Å². The molecule has 10 heavy (non-hydrogen) atoms. The quantitative estimate of drug-likeness (QED) is 0.569. The molecule has 0 bridgehead atoms. The standard InChI is InChI=1S/C6H9F3O/c1-2-5(4-10)3-6(7,8)9/h4-5H,2-3H2,1H3. The molecule has 1 unspecified atom stereocenters. The molecule has 1 nitrogen and oxygen atoms in total. The first-order chi connectivity index (χ1) is 4.49. The van der Waals surface area contributed by atoms with Gasteiger partial charge in [-0.05, 0) is 6.42 Å². The third-order valence-electron chi connectivity index (χ3n) is 1.21. The molecule has 1 atom stereocenters. The SMILES string of the molecule is CCC(C=O)CC(F)(F)F. The zero-order valence-corrected chi connectivity index (χ0v) is 5.61. The Balaban J connectivity index is 3.74. The van der Waals surface area contributed by atoms with Crippen LogP contribution < -0.4 is 0 Å². The van der Waals surface area contributed by atoms with E-state index >= 15 is 0 Å². The van der Waals surface area contributed by atoms with Gasteiger partial charge in [-0.2, -0.15) is 13.2 Å². The summed E-state index contributed by atoms with van der Waals surface area (Å²) in [4.78, 5) is 9.91. The number of carbonyl (C=O) groups is 1. The maximum absolute atomic E-state index is 11.5. The van der Waals surface area contributed by atoms with Crippen molar-refractivity contribution >= 4 is 6.29 Å². The van der Waals surface area contributed by atoms with E-state index in [9.17, 15) is 18.0 Å². The minimum atomic E-state index is -4.21. The maximum Gasteiger partial charge on any atom is 0.389 e. The van der Waals surface area contributed by atoms with Crippen LogP contribution in [0.15, 0.2) is 0 Å². The van der Waals surface area contributed by atoms with Crippen molar-refractivity contribution < 1.29 is 18.0 Å². The Morgan fingerprint density at radius 2 is 2.00 bits per heavy atom. The number of carbonyl (C=O) groups excluding carboxylic acids is 1. The predicted molar refractivity (Wildman–Crippen MR) is 30.5 cm³/mol. The summed E-state index contributed by atoms with van der Waals surface area (Å²) in [6.07, 6.45) is -4.59. The molecule has 60 valence electrons. The highest BCUT2D eigenvalue weighted by atomic mass is 19.4. The van der Waals surface area contributed by atoms with E-state index in [4.69, 9.17) is 0 Å². The number of aldehydes is 1. The Morgan fingerprint density at radius 3 is 2.10 bits per heavy atom. The van der Waals surface area contributed by atoms with Crippen LogP contribution in [0, 0.1) is 5.92 Å². The summed E-state index contributed by atoms with van der Waals surface area (Å²) in [5.41, 5.74) is 0. The summed E-state index contributed by atoms with van der Waals surface area (Å²) in [5, 5.41) is 0. The first-order valence-electron chi connectivity index (χ1n) is 3.01. The van der Waals surface area contributed by atoms with Gasteiger partial charge in [-0.3, -0.25) is 0 Å². The van der Waals surface area contributed by atoms with Crippen LogP contribution in [0.25, 0.3) is 0 Å². The van der Waals surface area contributed by atoms with Crippen LogP contribution in [-0.2, 0) is 4.79 Å². The Kier molecular flexibility index (Phi) is 3.39. The second kappa shape index (κ2) is 3.58. The molecule has 0 fully saturated rings. The average molecular weight is 154 g/mol. The fourth-order valence-electron chi connectivity index (χ4n) is 0.586. The van der Waals surface area contributed by atoms with Crippen LogP contribution in [0.4, 0.5) is 13.2 Å². The predicted octanol–water partition coefficient (Wildman–Crippen LogP) is 2.16. The molecule has 0 saturated heterocycles. The topological polar surface area (TPSA) is 17.1 Å². The fourth-order valence-corrected chi connectivity index (χ4v) is 0.586. The molecule has 0 radical (unpaired) electrons. The van der Waals surface area contributed by atoms with Gasteiger partial charge in [0.15, 0.2) is 0 Å². The van der Waals surface area contributed by atoms with Crippen LogP contribution >= 0.6 is 0 Å². The summed E-state index contributed by atoms with van der Waals surface area (Å²) < 4.78 is 34.6. The van der Waals surface area contributed by atoms with Gasteiger partial charge in [-0.15, -0.1) is 0 Å². The van der Waals surface area contributed by atoms with E-state index in [1.807, 2.05) is 0 Å². The zero-order valence-electron chi connectivity index (χ0n) is 5.61. The van der Waals surface area contributed by atoms with E-state index in [0.29, 0.717) is 6.29 Å². The number of hydrogen-bond acceptors (Lipinski definition) is 1. The third kappa shape index (κ3) is 4.35. The molecule has 0 saturated carbocycles. The molecular formula is C6H9F3O. The molecule has 0 aliphatic heterocycles. The molecule has 0 spiro atoms. The Bertz CT molecular complexity index is 108. The summed E-state index contributed by atoms with van der Waals surface area (Å²) in [6, 6.07) is 0. The van der Waals surface area contributed by atoms with Crippen molar-refractivity contribution in [3.8, 4) is 0 Å². The highest BCUT2D eigenvalue weighted by molar-refractivity contribution is 5.53. The molecule has 0 rings (SSSR count). The molecule has 0 N–H and O–H groups in total. The van der Waals surface area contributed by atoms with Crippen molar-refractivity contribution in [2.24, 2.45) is 5.92 Å². The first-order valence-corrected chi connectivity index (χ1v) is 3.01. The van der Waals surface area contributed by atoms with Gasteiger partial charge in [0.2, 0.25) is 0 Å². The fraction of sp³-hybridized carbons (Fsp3) is 0.833. The van der Waals surface area contributed by atoms with Crippen LogP contribution in [0.5, 0.6) is 0 Å². The smallest absolute Gasteiger partial charge is 0.303 e. The van der Waals surface area contributed by atoms with Gasteiger partial charge < -0.3 is 4.79 Å². The number of rotatable bonds is 3. The van der Waals surface area contributed by atoms with E-state index in [1.54, 1.807) is 6.92 Å². The molecule has 0 aromatic carbocycles. The largest absolute Gasteiger partial charge is 0.389 e. The van der Waals surface area contributed by atoms with Gasteiger partial charge in [0.1, 0.15) is 6.29 Å². The monoisotopic (exact) mass is 154 g/mol. The minimum Gasteiger partial charge on any atom is -0.303 e.